The zero-order valence-corrected chi connectivity index (χ0v) is 12.8. The highest BCUT2D eigenvalue weighted by Crippen LogP contribution is 2.17. The highest BCUT2D eigenvalue weighted by Gasteiger charge is 2.26. The van der Waals surface area contributed by atoms with Gasteiger partial charge in [0.15, 0.2) is 0 Å². The van der Waals surface area contributed by atoms with Gasteiger partial charge in [-0.2, -0.15) is 0 Å². The highest BCUT2D eigenvalue weighted by atomic mass is 19.1. The number of benzene rings is 1. The maximum absolute atomic E-state index is 13.7. The van der Waals surface area contributed by atoms with Gasteiger partial charge in [-0.15, -0.1) is 0 Å². The molecular weight excluding hydrogens is 304 g/mol. The molecule has 7 heteroatoms. The first-order chi connectivity index (χ1) is 11.1. The first-order valence-corrected chi connectivity index (χ1v) is 7.42. The molecule has 5 nitrogen and oxygen atoms in total. The zero-order valence-electron chi connectivity index (χ0n) is 12.8. The number of carbonyl (C=O) groups excluding carboxylic acids is 1. The lowest BCUT2D eigenvalue weighted by Crippen LogP contribution is -2.48. The number of piperazine rings is 1. The van der Waals surface area contributed by atoms with E-state index in [1.54, 1.807) is 6.20 Å². The van der Waals surface area contributed by atoms with Crippen molar-refractivity contribution >= 4 is 5.91 Å². The van der Waals surface area contributed by atoms with Crippen molar-refractivity contribution in [2.45, 2.75) is 13.5 Å². The normalized spacial score (nSPS) is 15.9. The van der Waals surface area contributed by atoms with Gasteiger partial charge < -0.3 is 9.42 Å². The van der Waals surface area contributed by atoms with Gasteiger partial charge in [-0.3, -0.25) is 9.69 Å². The third kappa shape index (κ3) is 3.24. The Kier molecular flexibility index (Phi) is 4.38. The summed E-state index contributed by atoms with van der Waals surface area (Å²) in [7, 11) is 0. The molecule has 2 aromatic rings. The number of amides is 1. The van der Waals surface area contributed by atoms with Crippen molar-refractivity contribution < 1.29 is 18.1 Å². The number of aryl methyl sites for hydroxylation is 1. The van der Waals surface area contributed by atoms with E-state index in [-0.39, 0.29) is 0 Å². The highest BCUT2D eigenvalue weighted by molar-refractivity contribution is 5.94. The second-order valence-corrected chi connectivity index (χ2v) is 5.57. The van der Waals surface area contributed by atoms with Crippen LogP contribution >= 0.6 is 0 Å². The van der Waals surface area contributed by atoms with Crippen LogP contribution in [0.3, 0.4) is 0 Å². The molecule has 0 bridgehead atoms. The van der Waals surface area contributed by atoms with E-state index in [2.05, 4.69) is 10.1 Å². The Morgan fingerprint density at radius 1 is 1.22 bits per heavy atom. The number of hydrogen-bond donors (Lipinski definition) is 0. The van der Waals surface area contributed by atoms with Crippen LogP contribution in [0.15, 0.2) is 28.9 Å². The third-order valence-electron chi connectivity index (χ3n) is 4.08. The van der Waals surface area contributed by atoms with Crippen LogP contribution in [0.1, 0.15) is 21.7 Å². The Morgan fingerprint density at radius 3 is 2.43 bits per heavy atom. The molecule has 0 aliphatic carbocycles. The molecule has 3 rings (SSSR count). The van der Waals surface area contributed by atoms with Crippen molar-refractivity contribution in [3.05, 3.63) is 52.9 Å². The fraction of sp³-hybridized carbons (Fsp3) is 0.375. The Bertz CT molecular complexity index is 689. The van der Waals surface area contributed by atoms with Crippen molar-refractivity contribution in [1.29, 1.82) is 0 Å². The molecule has 1 aliphatic rings. The molecule has 1 saturated heterocycles. The maximum Gasteiger partial charge on any atom is 0.259 e. The molecule has 0 unspecified atom stereocenters. The summed E-state index contributed by atoms with van der Waals surface area (Å²) in [5.74, 6) is -1.46. The van der Waals surface area contributed by atoms with Gasteiger partial charge in [0.2, 0.25) is 0 Å². The SMILES string of the molecule is Cc1oncc1CN1CCN(C(=O)c2c(F)cccc2F)CC1. The van der Waals surface area contributed by atoms with Crippen LogP contribution in [0.25, 0.3) is 0 Å². The molecule has 1 aromatic carbocycles. The first kappa shape index (κ1) is 15.6. The van der Waals surface area contributed by atoms with Crippen LogP contribution in [0.2, 0.25) is 0 Å². The molecule has 122 valence electrons. The van der Waals surface area contributed by atoms with Crippen LogP contribution in [-0.4, -0.2) is 47.0 Å². The lowest BCUT2D eigenvalue weighted by Gasteiger charge is -2.34. The average Bonchev–Trinajstić information content (AvgIpc) is 2.93. The van der Waals surface area contributed by atoms with Crippen molar-refractivity contribution in [3.63, 3.8) is 0 Å². The minimum Gasteiger partial charge on any atom is -0.361 e. The Balaban J connectivity index is 1.63. The molecule has 23 heavy (non-hydrogen) atoms. The molecule has 1 fully saturated rings. The van der Waals surface area contributed by atoms with Crippen LogP contribution in [-0.2, 0) is 6.54 Å². The van der Waals surface area contributed by atoms with Gasteiger partial charge in [0, 0.05) is 38.3 Å². The Hall–Kier alpha value is -2.28. The van der Waals surface area contributed by atoms with Crippen molar-refractivity contribution in [3.8, 4) is 0 Å². The van der Waals surface area contributed by atoms with Crippen LogP contribution in [0.5, 0.6) is 0 Å². The first-order valence-electron chi connectivity index (χ1n) is 7.42. The van der Waals surface area contributed by atoms with E-state index in [4.69, 9.17) is 4.52 Å². The second kappa shape index (κ2) is 6.45. The Labute approximate surface area is 132 Å². The summed E-state index contributed by atoms with van der Waals surface area (Å²) < 4.78 is 32.5. The van der Waals surface area contributed by atoms with E-state index in [1.165, 1.54) is 11.0 Å². The monoisotopic (exact) mass is 321 g/mol. The van der Waals surface area contributed by atoms with Crippen LogP contribution in [0, 0.1) is 18.6 Å². The number of rotatable bonds is 3. The fourth-order valence-corrected chi connectivity index (χ4v) is 2.68. The summed E-state index contributed by atoms with van der Waals surface area (Å²) in [6.45, 7) is 4.65. The van der Waals surface area contributed by atoms with E-state index >= 15 is 0 Å². The molecule has 2 heterocycles. The third-order valence-corrected chi connectivity index (χ3v) is 4.08. The molecule has 0 N–H and O–H groups in total. The summed E-state index contributed by atoms with van der Waals surface area (Å²) >= 11 is 0. The quantitative estimate of drug-likeness (QED) is 0.870. The van der Waals surface area contributed by atoms with Crippen LogP contribution < -0.4 is 0 Å². The lowest BCUT2D eigenvalue weighted by molar-refractivity contribution is 0.0618. The van der Waals surface area contributed by atoms with Gasteiger partial charge in [0.25, 0.3) is 5.91 Å². The topological polar surface area (TPSA) is 49.6 Å². The van der Waals surface area contributed by atoms with Crippen molar-refractivity contribution in [2.24, 2.45) is 0 Å². The van der Waals surface area contributed by atoms with Gasteiger partial charge in [-0.1, -0.05) is 11.2 Å². The minimum absolute atomic E-state index is 0.428. The standard InChI is InChI=1S/C16H17F2N3O2/c1-11-12(9-19-23-11)10-20-5-7-21(8-6-20)16(22)15-13(17)3-2-4-14(15)18/h2-4,9H,5-8,10H2,1H3. The van der Waals surface area contributed by atoms with E-state index in [0.717, 1.165) is 23.5 Å². The fourth-order valence-electron chi connectivity index (χ4n) is 2.68. The zero-order chi connectivity index (χ0) is 16.4. The summed E-state index contributed by atoms with van der Waals surface area (Å²) in [5, 5.41) is 3.74. The van der Waals surface area contributed by atoms with Gasteiger partial charge in [-0.25, -0.2) is 8.78 Å². The number of hydrogen-bond acceptors (Lipinski definition) is 4. The second-order valence-electron chi connectivity index (χ2n) is 5.57. The molecule has 1 aliphatic heterocycles. The van der Waals surface area contributed by atoms with Crippen molar-refractivity contribution in [1.82, 2.24) is 15.0 Å². The minimum atomic E-state index is -0.822. The van der Waals surface area contributed by atoms with Gasteiger partial charge >= 0.3 is 0 Å². The number of nitrogens with zero attached hydrogens (tertiary/aromatic N) is 3. The van der Waals surface area contributed by atoms with E-state index in [1.807, 2.05) is 6.92 Å². The Morgan fingerprint density at radius 2 is 1.87 bits per heavy atom. The van der Waals surface area contributed by atoms with E-state index in [9.17, 15) is 13.6 Å². The van der Waals surface area contributed by atoms with Gasteiger partial charge in [0.05, 0.1) is 6.20 Å². The predicted molar refractivity (Wildman–Crippen MR) is 78.8 cm³/mol. The number of carbonyl (C=O) groups is 1. The molecule has 0 radical (unpaired) electrons. The van der Waals surface area contributed by atoms with E-state index < -0.39 is 23.1 Å². The molecule has 1 amide bonds. The summed E-state index contributed by atoms with van der Waals surface area (Å²) in [5.41, 5.74) is 0.528. The van der Waals surface area contributed by atoms with Crippen molar-refractivity contribution in [2.75, 3.05) is 26.2 Å². The number of halogens is 2. The van der Waals surface area contributed by atoms with Gasteiger partial charge in [-0.05, 0) is 19.1 Å². The lowest BCUT2D eigenvalue weighted by atomic mass is 10.1. The average molecular weight is 321 g/mol. The predicted octanol–water partition coefficient (Wildman–Crippen LogP) is 2.22. The smallest absolute Gasteiger partial charge is 0.259 e. The summed E-state index contributed by atoms with van der Waals surface area (Å²) in [6, 6.07) is 3.45. The van der Waals surface area contributed by atoms with E-state index in [0.29, 0.717) is 32.7 Å². The molecule has 1 aromatic heterocycles. The van der Waals surface area contributed by atoms with Gasteiger partial charge in [0.1, 0.15) is 23.0 Å². The molecule has 0 spiro atoms. The number of aromatic nitrogens is 1. The molecular formula is C16H17F2N3O2. The molecule has 0 saturated carbocycles. The summed E-state index contributed by atoms with van der Waals surface area (Å²) in [6.07, 6.45) is 1.68. The summed E-state index contributed by atoms with van der Waals surface area (Å²) in [4.78, 5) is 16.0. The largest absolute Gasteiger partial charge is 0.361 e. The van der Waals surface area contributed by atoms with Crippen LogP contribution in [0.4, 0.5) is 8.78 Å². The maximum atomic E-state index is 13.7. The molecule has 0 atom stereocenters.